The van der Waals surface area contributed by atoms with Gasteiger partial charge in [-0.2, -0.15) is 0 Å². The Morgan fingerprint density at radius 2 is 2.00 bits per heavy atom. The van der Waals surface area contributed by atoms with Crippen LogP contribution in [0.15, 0.2) is 41.8 Å². The third-order valence-corrected chi connectivity index (χ3v) is 3.54. The largest absolute Gasteiger partial charge is 0.399 e. The van der Waals surface area contributed by atoms with Crippen LogP contribution in [-0.4, -0.2) is 18.4 Å². The Labute approximate surface area is 98.9 Å². The van der Waals surface area contributed by atoms with E-state index in [-0.39, 0.29) is 11.6 Å². The minimum atomic E-state index is -3.52. The molecule has 0 saturated heterocycles. The van der Waals surface area contributed by atoms with E-state index in [0.717, 1.165) is 5.56 Å². The summed E-state index contributed by atoms with van der Waals surface area (Å²) in [6, 6.07) is 6.98. The fourth-order valence-electron chi connectivity index (χ4n) is 1.28. The maximum atomic E-state index is 11.7. The normalized spacial score (nSPS) is 11.5. The predicted octanol–water partition coefficient (Wildman–Crippen LogP) is 0.470. The van der Waals surface area contributed by atoms with Crippen molar-refractivity contribution in [1.82, 2.24) is 14.7 Å². The zero-order valence-electron chi connectivity index (χ0n) is 8.92. The van der Waals surface area contributed by atoms with E-state index in [0.29, 0.717) is 5.69 Å². The van der Waals surface area contributed by atoms with Gasteiger partial charge in [0.25, 0.3) is 10.0 Å². The van der Waals surface area contributed by atoms with Gasteiger partial charge in [-0.3, -0.25) is 0 Å². The number of sulfonamides is 1. The van der Waals surface area contributed by atoms with Crippen molar-refractivity contribution in [3.05, 3.63) is 42.4 Å². The Morgan fingerprint density at radius 1 is 1.29 bits per heavy atom. The molecule has 1 aromatic carbocycles. The van der Waals surface area contributed by atoms with Crippen LogP contribution in [0.25, 0.3) is 0 Å². The van der Waals surface area contributed by atoms with Crippen LogP contribution in [0, 0.1) is 0 Å². The number of aromatic amines is 1. The summed E-state index contributed by atoms with van der Waals surface area (Å²) in [5.41, 5.74) is 7.01. The minimum absolute atomic E-state index is 0.0490. The summed E-state index contributed by atoms with van der Waals surface area (Å²) in [5, 5.41) is 0.0490. The van der Waals surface area contributed by atoms with Crippen molar-refractivity contribution in [3.63, 3.8) is 0 Å². The van der Waals surface area contributed by atoms with E-state index in [1.807, 2.05) is 0 Å². The number of imidazole rings is 1. The van der Waals surface area contributed by atoms with E-state index < -0.39 is 10.0 Å². The number of nitrogens with two attached hydrogens (primary N) is 1. The zero-order chi connectivity index (χ0) is 12.3. The molecule has 0 spiro atoms. The first-order valence-corrected chi connectivity index (χ1v) is 6.39. The maximum absolute atomic E-state index is 11.7. The Hall–Kier alpha value is -1.86. The first-order chi connectivity index (χ1) is 8.08. The Balaban J connectivity index is 2.06. The van der Waals surface area contributed by atoms with Crippen LogP contribution in [0.2, 0.25) is 0 Å². The molecule has 2 aromatic rings. The Bertz CT molecular complexity index is 575. The number of nitrogens with one attached hydrogen (secondary N) is 2. The number of nitrogen functional groups attached to an aromatic ring is 1. The third kappa shape index (κ3) is 2.83. The summed E-state index contributed by atoms with van der Waals surface area (Å²) in [5.74, 6) is 0. The van der Waals surface area contributed by atoms with Crippen molar-refractivity contribution >= 4 is 15.7 Å². The minimum Gasteiger partial charge on any atom is -0.399 e. The number of aromatic nitrogens is 2. The van der Waals surface area contributed by atoms with Crippen LogP contribution in [0.3, 0.4) is 0 Å². The lowest BCUT2D eigenvalue weighted by Crippen LogP contribution is -2.23. The van der Waals surface area contributed by atoms with E-state index >= 15 is 0 Å². The average Bonchev–Trinajstić information content (AvgIpc) is 2.82. The maximum Gasteiger partial charge on any atom is 0.257 e. The van der Waals surface area contributed by atoms with E-state index in [1.54, 1.807) is 24.3 Å². The van der Waals surface area contributed by atoms with Crippen molar-refractivity contribution in [1.29, 1.82) is 0 Å². The molecule has 0 aliphatic heterocycles. The summed E-state index contributed by atoms with van der Waals surface area (Å²) in [6.07, 6.45) is 2.57. The number of benzene rings is 1. The lowest BCUT2D eigenvalue weighted by atomic mass is 10.2. The second kappa shape index (κ2) is 4.56. The van der Waals surface area contributed by atoms with Gasteiger partial charge in [-0.1, -0.05) is 12.1 Å². The van der Waals surface area contributed by atoms with E-state index in [9.17, 15) is 8.42 Å². The number of H-pyrrole nitrogens is 1. The summed E-state index contributed by atoms with van der Waals surface area (Å²) in [6.45, 7) is 0.210. The molecule has 90 valence electrons. The molecule has 1 heterocycles. The van der Waals surface area contributed by atoms with Gasteiger partial charge in [0.1, 0.15) is 0 Å². The molecule has 0 bridgehead atoms. The second-order valence-electron chi connectivity index (χ2n) is 3.48. The molecule has 0 aliphatic rings. The molecular weight excluding hydrogens is 240 g/mol. The fourth-order valence-corrected chi connectivity index (χ4v) is 2.20. The summed E-state index contributed by atoms with van der Waals surface area (Å²) < 4.78 is 25.9. The fraction of sp³-hybridized carbons (Fsp3) is 0.100. The van der Waals surface area contributed by atoms with Crippen molar-refractivity contribution in [3.8, 4) is 0 Å². The van der Waals surface area contributed by atoms with Crippen molar-refractivity contribution in [2.24, 2.45) is 0 Å². The number of hydrogen-bond donors (Lipinski definition) is 3. The number of anilines is 1. The molecule has 17 heavy (non-hydrogen) atoms. The van der Waals surface area contributed by atoms with Crippen LogP contribution >= 0.6 is 0 Å². The average molecular weight is 252 g/mol. The summed E-state index contributed by atoms with van der Waals surface area (Å²) in [7, 11) is -3.52. The van der Waals surface area contributed by atoms with Crippen LogP contribution in [-0.2, 0) is 16.6 Å². The molecule has 4 N–H and O–H groups in total. The Morgan fingerprint density at radius 3 is 2.59 bits per heavy atom. The van der Waals surface area contributed by atoms with Gasteiger partial charge in [0.2, 0.25) is 0 Å². The molecule has 0 atom stereocenters. The highest BCUT2D eigenvalue weighted by Crippen LogP contribution is 2.07. The van der Waals surface area contributed by atoms with E-state index in [1.165, 1.54) is 12.5 Å². The first kappa shape index (κ1) is 11.6. The summed E-state index contributed by atoms with van der Waals surface area (Å²) >= 11 is 0. The topological polar surface area (TPSA) is 101 Å². The molecule has 0 unspecified atom stereocenters. The quantitative estimate of drug-likeness (QED) is 0.688. The van der Waals surface area contributed by atoms with Crippen molar-refractivity contribution < 1.29 is 8.42 Å². The first-order valence-electron chi connectivity index (χ1n) is 4.90. The molecule has 6 nitrogen and oxygen atoms in total. The molecule has 2 rings (SSSR count). The second-order valence-corrected chi connectivity index (χ2v) is 5.22. The molecular formula is C10H12N4O2S. The highest BCUT2D eigenvalue weighted by atomic mass is 32.2. The number of rotatable bonds is 4. The molecule has 0 fully saturated rings. The van der Waals surface area contributed by atoms with Gasteiger partial charge in [0.05, 0.1) is 12.5 Å². The predicted molar refractivity (Wildman–Crippen MR) is 63.5 cm³/mol. The van der Waals surface area contributed by atoms with E-state index in [2.05, 4.69) is 14.7 Å². The Kier molecular flexibility index (Phi) is 3.12. The number of hydrogen-bond acceptors (Lipinski definition) is 4. The van der Waals surface area contributed by atoms with Crippen LogP contribution in [0.5, 0.6) is 0 Å². The highest BCUT2D eigenvalue weighted by Gasteiger charge is 2.14. The molecule has 0 aliphatic carbocycles. The molecule has 0 saturated carbocycles. The van der Waals surface area contributed by atoms with Crippen molar-refractivity contribution in [2.45, 2.75) is 11.6 Å². The van der Waals surface area contributed by atoms with Crippen LogP contribution < -0.4 is 10.5 Å². The van der Waals surface area contributed by atoms with Gasteiger partial charge < -0.3 is 10.7 Å². The standard InChI is InChI=1S/C10H12N4O2S/c11-9-3-1-8(2-4-9)5-14-17(15,16)10-6-12-7-13-10/h1-4,6-7,14H,5,11H2,(H,12,13). The zero-order valence-corrected chi connectivity index (χ0v) is 9.74. The monoisotopic (exact) mass is 252 g/mol. The van der Waals surface area contributed by atoms with Crippen LogP contribution in [0.1, 0.15) is 5.56 Å². The highest BCUT2D eigenvalue weighted by molar-refractivity contribution is 7.89. The van der Waals surface area contributed by atoms with Gasteiger partial charge in [-0.25, -0.2) is 18.1 Å². The van der Waals surface area contributed by atoms with Gasteiger partial charge in [-0.05, 0) is 17.7 Å². The lowest BCUT2D eigenvalue weighted by molar-refractivity contribution is 0.578. The van der Waals surface area contributed by atoms with Gasteiger partial charge >= 0.3 is 0 Å². The molecule has 0 radical (unpaired) electrons. The third-order valence-electron chi connectivity index (χ3n) is 2.21. The SMILES string of the molecule is Nc1ccc(CNS(=O)(=O)c2cnc[nH]2)cc1. The molecule has 7 heteroatoms. The van der Waals surface area contributed by atoms with Crippen LogP contribution in [0.4, 0.5) is 5.69 Å². The molecule has 1 aromatic heterocycles. The van der Waals surface area contributed by atoms with E-state index in [4.69, 9.17) is 5.73 Å². The van der Waals surface area contributed by atoms with Crippen molar-refractivity contribution in [2.75, 3.05) is 5.73 Å². The summed E-state index contributed by atoms with van der Waals surface area (Å²) in [4.78, 5) is 6.21. The van der Waals surface area contributed by atoms with Gasteiger partial charge in [-0.15, -0.1) is 0 Å². The van der Waals surface area contributed by atoms with Gasteiger partial charge in [0, 0.05) is 12.2 Å². The van der Waals surface area contributed by atoms with Gasteiger partial charge in [0.15, 0.2) is 5.03 Å². The smallest absolute Gasteiger partial charge is 0.257 e. The number of nitrogens with zero attached hydrogens (tertiary/aromatic N) is 1. The lowest BCUT2D eigenvalue weighted by Gasteiger charge is -2.04. The molecule has 0 amide bonds.